The average Bonchev–Trinajstić information content (AvgIpc) is 2.88. The van der Waals surface area contributed by atoms with Crippen molar-refractivity contribution in [2.45, 2.75) is 37.8 Å². The number of nitrogens with two attached hydrogens (primary N) is 1. The second-order valence-corrected chi connectivity index (χ2v) is 5.39. The van der Waals surface area contributed by atoms with Crippen molar-refractivity contribution in [1.82, 2.24) is 0 Å². The number of hydrogen-bond donors (Lipinski definition) is 1. The first kappa shape index (κ1) is 12.9. The molecule has 2 N–H and O–H groups in total. The highest BCUT2D eigenvalue weighted by atomic mass is 19.1. The van der Waals surface area contributed by atoms with E-state index in [-0.39, 0.29) is 11.9 Å². The van der Waals surface area contributed by atoms with E-state index in [9.17, 15) is 4.39 Å². The van der Waals surface area contributed by atoms with Crippen LogP contribution in [0.4, 0.5) is 10.1 Å². The summed E-state index contributed by atoms with van der Waals surface area (Å²) in [6, 6.07) is 5.65. The van der Waals surface area contributed by atoms with E-state index >= 15 is 0 Å². The Morgan fingerprint density at radius 1 is 1.37 bits per heavy atom. The zero-order chi connectivity index (χ0) is 13.2. The first-order valence-corrected chi connectivity index (χ1v) is 7.17. The summed E-state index contributed by atoms with van der Waals surface area (Å²) >= 11 is 0. The van der Waals surface area contributed by atoms with Gasteiger partial charge in [-0.05, 0) is 43.9 Å². The van der Waals surface area contributed by atoms with Crippen LogP contribution in [0.15, 0.2) is 18.2 Å². The summed E-state index contributed by atoms with van der Waals surface area (Å²) in [5.74, 6) is -0.126. The highest BCUT2D eigenvalue weighted by molar-refractivity contribution is 5.56. The number of ether oxygens (including phenoxy) is 1. The maximum Gasteiger partial charge on any atom is 0.146 e. The molecule has 0 aromatic heterocycles. The predicted octanol–water partition coefficient (Wildman–Crippen LogP) is 2.08. The van der Waals surface area contributed by atoms with Crippen molar-refractivity contribution in [3.8, 4) is 0 Å². The molecule has 1 saturated heterocycles. The fourth-order valence-corrected chi connectivity index (χ4v) is 3.44. The van der Waals surface area contributed by atoms with Gasteiger partial charge in [0.05, 0.1) is 24.4 Å². The van der Waals surface area contributed by atoms with Gasteiger partial charge in [-0.2, -0.15) is 0 Å². The van der Waals surface area contributed by atoms with E-state index < -0.39 is 0 Å². The van der Waals surface area contributed by atoms with Gasteiger partial charge in [-0.3, -0.25) is 0 Å². The predicted molar refractivity (Wildman–Crippen MR) is 73.9 cm³/mol. The molecule has 3 rings (SSSR count). The molecule has 2 atom stereocenters. The van der Waals surface area contributed by atoms with Gasteiger partial charge in [0.1, 0.15) is 5.82 Å². The van der Waals surface area contributed by atoms with Gasteiger partial charge in [-0.1, -0.05) is 12.1 Å². The minimum absolute atomic E-state index is 0.126. The summed E-state index contributed by atoms with van der Waals surface area (Å²) in [6.45, 7) is 2.02. The van der Waals surface area contributed by atoms with Gasteiger partial charge in [0.25, 0.3) is 0 Å². The average molecular weight is 264 g/mol. The quantitative estimate of drug-likeness (QED) is 0.908. The third-order valence-electron chi connectivity index (χ3n) is 4.25. The fourth-order valence-electron chi connectivity index (χ4n) is 3.44. The third-order valence-corrected chi connectivity index (χ3v) is 4.25. The van der Waals surface area contributed by atoms with Gasteiger partial charge in [-0.25, -0.2) is 4.39 Å². The van der Waals surface area contributed by atoms with Gasteiger partial charge < -0.3 is 15.4 Å². The molecular formula is C15H21FN2O. The maximum absolute atomic E-state index is 14.3. The lowest BCUT2D eigenvalue weighted by Crippen LogP contribution is -2.49. The molecule has 0 spiro atoms. The lowest BCUT2D eigenvalue weighted by atomic mass is 10.0. The van der Waals surface area contributed by atoms with Crippen molar-refractivity contribution in [2.75, 3.05) is 24.6 Å². The number of para-hydroxylation sites is 1. The Hall–Kier alpha value is -1.13. The first-order chi connectivity index (χ1) is 9.31. The van der Waals surface area contributed by atoms with E-state index in [2.05, 4.69) is 4.90 Å². The van der Waals surface area contributed by atoms with Crippen LogP contribution in [-0.2, 0) is 11.2 Å². The largest absolute Gasteiger partial charge is 0.374 e. The van der Waals surface area contributed by atoms with Gasteiger partial charge in [0.15, 0.2) is 0 Å². The van der Waals surface area contributed by atoms with E-state index in [0.717, 1.165) is 37.1 Å². The number of fused-ring (bicyclic) bond motifs is 1. The molecule has 4 heteroatoms. The van der Waals surface area contributed by atoms with E-state index in [0.29, 0.717) is 19.2 Å². The molecule has 1 aliphatic carbocycles. The van der Waals surface area contributed by atoms with Crippen molar-refractivity contribution in [2.24, 2.45) is 5.73 Å². The normalized spacial score (nSPS) is 26.5. The minimum Gasteiger partial charge on any atom is -0.374 e. The number of benzene rings is 1. The van der Waals surface area contributed by atoms with E-state index in [1.54, 1.807) is 12.1 Å². The van der Waals surface area contributed by atoms with Crippen LogP contribution in [0.3, 0.4) is 0 Å². The monoisotopic (exact) mass is 264 g/mol. The van der Waals surface area contributed by atoms with Crippen LogP contribution in [0.25, 0.3) is 0 Å². The lowest BCUT2D eigenvalue weighted by Gasteiger charge is -2.40. The summed E-state index contributed by atoms with van der Waals surface area (Å²) in [5, 5.41) is 0. The van der Waals surface area contributed by atoms with Crippen molar-refractivity contribution in [1.29, 1.82) is 0 Å². The zero-order valence-corrected chi connectivity index (χ0v) is 11.1. The van der Waals surface area contributed by atoms with Crippen LogP contribution in [0, 0.1) is 5.82 Å². The van der Waals surface area contributed by atoms with Crippen LogP contribution in [0.5, 0.6) is 0 Å². The number of rotatable bonds is 3. The van der Waals surface area contributed by atoms with Crippen molar-refractivity contribution in [3.05, 3.63) is 29.6 Å². The zero-order valence-electron chi connectivity index (χ0n) is 11.1. The maximum atomic E-state index is 14.3. The van der Waals surface area contributed by atoms with Crippen LogP contribution < -0.4 is 10.6 Å². The number of nitrogens with zero attached hydrogens (tertiary/aromatic N) is 1. The second kappa shape index (κ2) is 5.47. The molecule has 0 radical (unpaired) electrons. The van der Waals surface area contributed by atoms with Gasteiger partial charge in [0, 0.05) is 6.54 Å². The Kier molecular flexibility index (Phi) is 3.71. The molecule has 1 aromatic carbocycles. The van der Waals surface area contributed by atoms with E-state index in [1.165, 1.54) is 6.42 Å². The van der Waals surface area contributed by atoms with Crippen LogP contribution >= 0.6 is 0 Å². The Balaban J connectivity index is 1.95. The Morgan fingerprint density at radius 3 is 3.11 bits per heavy atom. The summed E-state index contributed by atoms with van der Waals surface area (Å²) in [4.78, 5) is 2.22. The summed E-state index contributed by atoms with van der Waals surface area (Å²) in [7, 11) is 0. The lowest BCUT2D eigenvalue weighted by molar-refractivity contribution is 0.0253. The topological polar surface area (TPSA) is 38.5 Å². The Bertz CT molecular complexity index is 452. The SMILES string of the molecule is NCCc1cccc(F)c1N1CCOC2CCCC21. The van der Waals surface area contributed by atoms with E-state index in [4.69, 9.17) is 10.5 Å². The highest BCUT2D eigenvalue weighted by Gasteiger charge is 2.37. The molecule has 0 bridgehead atoms. The van der Waals surface area contributed by atoms with Crippen LogP contribution in [-0.4, -0.2) is 31.8 Å². The fraction of sp³-hybridized carbons (Fsp3) is 0.600. The van der Waals surface area contributed by atoms with Gasteiger partial charge in [-0.15, -0.1) is 0 Å². The first-order valence-electron chi connectivity index (χ1n) is 7.17. The van der Waals surface area contributed by atoms with Crippen molar-refractivity contribution >= 4 is 5.69 Å². The number of morpholine rings is 1. The highest BCUT2D eigenvalue weighted by Crippen LogP contribution is 2.36. The molecular weight excluding hydrogens is 243 g/mol. The van der Waals surface area contributed by atoms with Crippen molar-refractivity contribution < 1.29 is 9.13 Å². The summed E-state index contributed by atoms with van der Waals surface area (Å²) in [5.41, 5.74) is 7.43. The van der Waals surface area contributed by atoms with Crippen molar-refractivity contribution in [3.63, 3.8) is 0 Å². The standard InChI is InChI=1S/C15H21FN2O/c16-12-4-1-3-11(7-8-17)15(12)18-9-10-19-14-6-2-5-13(14)18/h1,3-4,13-14H,2,5-10,17H2. The molecule has 1 aliphatic heterocycles. The second-order valence-electron chi connectivity index (χ2n) is 5.39. The summed E-state index contributed by atoms with van der Waals surface area (Å²) < 4.78 is 20.1. The van der Waals surface area contributed by atoms with E-state index in [1.807, 2.05) is 6.07 Å². The molecule has 104 valence electrons. The smallest absolute Gasteiger partial charge is 0.146 e. The molecule has 1 aromatic rings. The molecule has 2 aliphatic rings. The molecule has 1 saturated carbocycles. The Labute approximate surface area is 113 Å². The third kappa shape index (κ3) is 2.35. The van der Waals surface area contributed by atoms with Crippen LogP contribution in [0.2, 0.25) is 0 Å². The van der Waals surface area contributed by atoms with Gasteiger partial charge in [0.2, 0.25) is 0 Å². The minimum atomic E-state index is -0.126. The number of hydrogen-bond acceptors (Lipinski definition) is 3. The number of halogens is 1. The molecule has 0 amide bonds. The van der Waals surface area contributed by atoms with Gasteiger partial charge >= 0.3 is 0 Å². The molecule has 2 fully saturated rings. The summed E-state index contributed by atoms with van der Waals surface area (Å²) in [6.07, 6.45) is 4.37. The number of anilines is 1. The van der Waals surface area contributed by atoms with Crippen LogP contribution in [0.1, 0.15) is 24.8 Å². The molecule has 2 unspecified atom stereocenters. The molecule has 19 heavy (non-hydrogen) atoms. The Morgan fingerprint density at radius 2 is 2.26 bits per heavy atom. The molecule has 3 nitrogen and oxygen atoms in total. The molecule has 1 heterocycles.